The Labute approximate surface area is 113 Å². The number of aryl methyl sites for hydroxylation is 1. The molecule has 2 rings (SSSR count). The molecule has 3 N–H and O–H groups in total. The number of nitrogens with two attached hydrogens (primary N) is 1. The van der Waals surface area contributed by atoms with Gasteiger partial charge < -0.3 is 15.6 Å². The largest absolute Gasteiger partial charge is 0.349 e. The molecule has 0 bridgehead atoms. The summed E-state index contributed by atoms with van der Waals surface area (Å²) in [6.45, 7) is 4.06. The van der Waals surface area contributed by atoms with Gasteiger partial charge >= 0.3 is 0 Å². The first kappa shape index (κ1) is 14.0. The van der Waals surface area contributed by atoms with Crippen LogP contribution in [-0.2, 0) is 17.9 Å². The molecule has 0 unspecified atom stereocenters. The summed E-state index contributed by atoms with van der Waals surface area (Å²) in [6, 6.07) is 0. The van der Waals surface area contributed by atoms with E-state index in [-0.39, 0.29) is 11.8 Å². The van der Waals surface area contributed by atoms with Crippen molar-refractivity contribution >= 4 is 5.91 Å². The number of nitrogens with one attached hydrogen (secondary N) is 1. The number of rotatable bonds is 5. The second kappa shape index (κ2) is 6.65. The van der Waals surface area contributed by atoms with Gasteiger partial charge in [-0.15, -0.1) is 10.2 Å². The monoisotopic (exact) mass is 265 g/mol. The van der Waals surface area contributed by atoms with E-state index in [0.717, 1.165) is 44.6 Å². The molecule has 0 spiro atoms. The van der Waals surface area contributed by atoms with Crippen LogP contribution in [0.3, 0.4) is 0 Å². The molecule has 1 aromatic heterocycles. The first-order chi connectivity index (χ1) is 9.24. The van der Waals surface area contributed by atoms with E-state index in [1.807, 2.05) is 11.5 Å². The third-order valence-corrected chi connectivity index (χ3v) is 4.01. The van der Waals surface area contributed by atoms with E-state index in [9.17, 15) is 4.79 Å². The van der Waals surface area contributed by atoms with Crippen molar-refractivity contribution in [1.29, 1.82) is 0 Å². The Balaban J connectivity index is 1.79. The van der Waals surface area contributed by atoms with Crippen LogP contribution in [0.2, 0.25) is 0 Å². The predicted molar refractivity (Wildman–Crippen MR) is 72.0 cm³/mol. The zero-order valence-corrected chi connectivity index (χ0v) is 11.5. The quantitative estimate of drug-likeness (QED) is 0.819. The third-order valence-electron chi connectivity index (χ3n) is 4.01. The molecule has 1 aliphatic rings. The summed E-state index contributed by atoms with van der Waals surface area (Å²) in [4.78, 5) is 12.1. The Bertz CT molecular complexity index is 409. The summed E-state index contributed by atoms with van der Waals surface area (Å²) in [5, 5.41) is 10.8. The van der Waals surface area contributed by atoms with E-state index in [0.29, 0.717) is 12.5 Å². The van der Waals surface area contributed by atoms with Crippen molar-refractivity contribution in [2.45, 2.75) is 45.7 Å². The second-order valence-electron chi connectivity index (χ2n) is 5.20. The van der Waals surface area contributed by atoms with E-state index in [1.165, 1.54) is 0 Å². The fourth-order valence-electron chi connectivity index (χ4n) is 2.65. The molecular formula is C13H23N5O. The summed E-state index contributed by atoms with van der Waals surface area (Å²) < 4.78 is 1.94. The van der Waals surface area contributed by atoms with Gasteiger partial charge in [0.1, 0.15) is 6.33 Å². The Kier molecular flexibility index (Phi) is 4.90. The fraction of sp³-hybridized carbons (Fsp3) is 0.769. The summed E-state index contributed by atoms with van der Waals surface area (Å²) in [6.07, 6.45) is 5.73. The van der Waals surface area contributed by atoms with Crippen molar-refractivity contribution in [3.8, 4) is 0 Å². The Morgan fingerprint density at radius 2 is 2.21 bits per heavy atom. The maximum atomic E-state index is 12.1. The van der Waals surface area contributed by atoms with Gasteiger partial charge in [0.15, 0.2) is 5.82 Å². The van der Waals surface area contributed by atoms with Crippen molar-refractivity contribution in [2.24, 2.45) is 17.6 Å². The Morgan fingerprint density at radius 1 is 1.47 bits per heavy atom. The van der Waals surface area contributed by atoms with Gasteiger partial charge in [0.25, 0.3) is 0 Å². The average Bonchev–Trinajstić information content (AvgIpc) is 2.92. The lowest BCUT2D eigenvalue weighted by molar-refractivity contribution is -0.126. The average molecular weight is 265 g/mol. The molecule has 1 aromatic rings. The Hall–Kier alpha value is -1.43. The zero-order chi connectivity index (χ0) is 13.7. The minimum Gasteiger partial charge on any atom is -0.349 e. The van der Waals surface area contributed by atoms with Crippen LogP contribution >= 0.6 is 0 Å². The molecule has 0 aliphatic heterocycles. The molecule has 1 saturated carbocycles. The molecule has 6 nitrogen and oxygen atoms in total. The lowest BCUT2D eigenvalue weighted by atomic mass is 9.81. The van der Waals surface area contributed by atoms with E-state index in [1.54, 1.807) is 6.33 Å². The minimum atomic E-state index is 0.140. The van der Waals surface area contributed by atoms with Gasteiger partial charge in [-0.25, -0.2) is 0 Å². The highest BCUT2D eigenvalue weighted by Gasteiger charge is 2.25. The molecule has 0 radical (unpaired) electrons. The highest BCUT2D eigenvalue weighted by molar-refractivity contribution is 5.78. The van der Waals surface area contributed by atoms with Crippen molar-refractivity contribution in [3.05, 3.63) is 12.2 Å². The number of amides is 1. The van der Waals surface area contributed by atoms with Gasteiger partial charge in [-0.1, -0.05) is 0 Å². The molecule has 1 aliphatic carbocycles. The summed E-state index contributed by atoms with van der Waals surface area (Å²) >= 11 is 0. The highest BCUT2D eigenvalue weighted by Crippen LogP contribution is 2.28. The summed E-state index contributed by atoms with van der Waals surface area (Å²) in [5.41, 5.74) is 5.66. The maximum absolute atomic E-state index is 12.1. The SMILES string of the molecule is CCn1cnnc1CNC(=O)C1CCC(CN)CC1. The van der Waals surface area contributed by atoms with Crippen molar-refractivity contribution in [1.82, 2.24) is 20.1 Å². The van der Waals surface area contributed by atoms with Crippen LogP contribution in [0, 0.1) is 11.8 Å². The lowest BCUT2D eigenvalue weighted by Gasteiger charge is -2.26. The smallest absolute Gasteiger partial charge is 0.223 e. The van der Waals surface area contributed by atoms with Crippen LogP contribution in [-0.4, -0.2) is 27.2 Å². The van der Waals surface area contributed by atoms with Gasteiger partial charge in [0.05, 0.1) is 6.54 Å². The van der Waals surface area contributed by atoms with Crippen LogP contribution in [0.1, 0.15) is 38.4 Å². The number of aromatic nitrogens is 3. The Morgan fingerprint density at radius 3 is 2.84 bits per heavy atom. The molecule has 0 aromatic carbocycles. The van der Waals surface area contributed by atoms with Crippen LogP contribution in [0.15, 0.2) is 6.33 Å². The van der Waals surface area contributed by atoms with Crippen LogP contribution in [0.5, 0.6) is 0 Å². The van der Waals surface area contributed by atoms with Gasteiger partial charge in [-0.3, -0.25) is 4.79 Å². The van der Waals surface area contributed by atoms with Crippen LogP contribution in [0.4, 0.5) is 0 Å². The van der Waals surface area contributed by atoms with Crippen molar-refractivity contribution in [2.75, 3.05) is 6.54 Å². The van der Waals surface area contributed by atoms with Gasteiger partial charge in [-0.2, -0.15) is 0 Å². The molecule has 0 atom stereocenters. The first-order valence-electron chi connectivity index (χ1n) is 7.09. The molecule has 1 amide bonds. The van der Waals surface area contributed by atoms with E-state index in [2.05, 4.69) is 15.5 Å². The molecule has 0 saturated heterocycles. The predicted octanol–water partition coefficient (Wildman–Crippen LogP) is 0.679. The van der Waals surface area contributed by atoms with Gasteiger partial charge in [0.2, 0.25) is 5.91 Å². The molecule has 1 fully saturated rings. The molecular weight excluding hydrogens is 242 g/mol. The summed E-state index contributed by atoms with van der Waals surface area (Å²) in [5.74, 6) is 1.70. The highest BCUT2D eigenvalue weighted by atomic mass is 16.1. The van der Waals surface area contributed by atoms with Crippen molar-refractivity contribution < 1.29 is 4.79 Å². The van der Waals surface area contributed by atoms with Crippen molar-refractivity contribution in [3.63, 3.8) is 0 Å². The molecule has 6 heteroatoms. The van der Waals surface area contributed by atoms with E-state index >= 15 is 0 Å². The standard InChI is InChI=1S/C13H23N5O/c1-2-18-9-16-17-12(18)8-15-13(19)11-5-3-10(7-14)4-6-11/h9-11H,2-8,14H2,1H3,(H,15,19). The fourth-order valence-corrected chi connectivity index (χ4v) is 2.65. The van der Waals surface area contributed by atoms with Gasteiger partial charge in [0, 0.05) is 12.5 Å². The minimum absolute atomic E-state index is 0.140. The van der Waals surface area contributed by atoms with Gasteiger partial charge in [-0.05, 0) is 45.1 Å². The first-order valence-corrected chi connectivity index (χ1v) is 7.09. The topological polar surface area (TPSA) is 85.8 Å². The third kappa shape index (κ3) is 3.53. The number of hydrogen-bond acceptors (Lipinski definition) is 4. The number of hydrogen-bond donors (Lipinski definition) is 2. The number of carbonyl (C=O) groups is 1. The van der Waals surface area contributed by atoms with E-state index in [4.69, 9.17) is 5.73 Å². The normalized spacial score (nSPS) is 23.3. The number of nitrogens with zero attached hydrogens (tertiary/aromatic N) is 3. The molecule has 106 valence electrons. The van der Waals surface area contributed by atoms with Crippen LogP contribution < -0.4 is 11.1 Å². The summed E-state index contributed by atoms with van der Waals surface area (Å²) in [7, 11) is 0. The van der Waals surface area contributed by atoms with Crippen LogP contribution in [0.25, 0.3) is 0 Å². The number of carbonyl (C=O) groups excluding carboxylic acids is 1. The lowest BCUT2D eigenvalue weighted by Crippen LogP contribution is -2.34. The molecule has 1 heterocycles. The maximum Gasteiger partial charge on any atom is 0.223 e. The zero-order valence-electron chi connectivity index (χ0n) is 11.5. The molecule has 19 heavy (non-hydrogen) atoms. The van der Waals surface area contributed by atoms with E-state index < -0.39 is 0 Å². The second-order valence-corrected chi connectivity index (χ2v) is 5.20.